The predicted octanol–water partition coefficient (Wildman–Crippen LogP) is 3.62. The number of hydrogen-bond donors (Lipinski definition) is 2. The summed E-state index contributed by atoms with van der Waals surface area (Å²) in [6, 6.07) is 10.5. The lowest BCUT2D eigenvalue weighted by molar-refractivity contribution is 0.0746. The van der Waals surface area contributed by atoms with Gasteiger partial charge in [0, 0.05) is 31.7 Å². The molecule has 0 saturated carbocycles. The number of carbonyl (C=O) groups excluding carboxylic acids is 2. The monoisotopic (exact) mass is 415 g/mol. The number of pyridine rings is 1. The van der Waals surface area contributed by atoms with Crippen LogP contribution in [0.2, 0.25) is 5.02 Å². The van der Waals surface area contributed by atoms with Gasteiger partial charge in [0.25, 0.3) is 5.91 Å². The molecule has 3 amide bonds. The van der Waals surface area contributed by atoms with Crippen LogP contribution < -0.4 is 15.5 Å². The van der Waals surface area contributed by atoms with E-state index in [0.29, 0.717) is 42.5 Å². The summed E-state index contributed by atoms with van der Waals surface area (Å²) < 4.78 is 0. The molecule has 1 aromatic heterocycles. The van der Waals surface area contributed by atoms with Crippen molar-refractivity contribution in [2.45, 2.75) is 26.3 Å². The number of carbonyl (C=O) groups is 2. The van der Waals surface area contributed by atoms with E-state index in [2.05, 4.69) is 20.5 Å². The van der Waals surface area contributed by atoms with E-state index in [0.717, 1.165) is 5.82 Å². The van der Waals surface area contributed by atoms with E-state index < -0.39 is 0 Å². The minimum atomic E-state index is -0.307. The first-order chi connectivity index (χ1) is 13.7. The summed E-state index contributed by atoms with van der Waals surface area (Å²) in [5.41, 5.74) is 0.853. The highest BCUT2D eigenvalue weighted by Gasteiger charge is 2.24. The van der Waals surface area contributed by atoms with Crippen LogP contribution in [0.15, 0.2) is 42.6 Å². The number of anilines is 2. The number of benzene rings is 1. The van der Waals surface area contributed by atoms with E-state index in [-0.39, 0.29) is 17.5 Å². The molecule has 7 nitrogen and oxygen atoms in total. The molecule has 0 bridgehead atoms. The van der Waals surface area contributed by atoms with Gasteiger partial charge in [-0.05, 0) is 45.0 Å². The lowest BCUT2D eigenvalue weighted by atomic mass is 10.1. The van der Waals surface area contributed by atoms with Gasteiger partial charge in [-0.1, -0.05) is 23.7 Å². The minimum absolute atomic E-state index is 0.0485. The van der Waals surface area contributed by atoms with Crippen LogP contribution in [0, 0.1) is 0 Å². The first-order valence-electron chi connectivity index (χ1n) is 9.57. The molecule has 1 aliphatic rings. The topological polar surface area (TPSA) is 77.6 Å². The van der Waals surface area contributed by atoms with Gasteiger partial charge >= 0.3 is 6.03 Å². The number of nitrogens with one attached hydrogen (secondary N) is 2. The largest absolute Gasteiger partial charge is 0.353 e. The summed E-state index contributed by atoms with van der Waals surface area (Å²) in [7, 11) is 0. The fraction of sp³-hybridized carbons (Fsp3) is 0.381. The molecular formula is C21H26ClN5O2. The second-order valence-corrected chi connectivity index (χ2v) is 8.40. The van der Waals surface area contributed by atoms with Crippen LogP contribution in [0.5, 0.6) is 0 Å². The third-order valence-corrected chi connectivity index (χ3v) is 4.82. The third-order valence-electron chi connectivity index (χ3n) is 4.49. The van der Waals surface area contributed by atoms with Crippen molar-refractivity contribution in [2.24, 2.45) is 0 Å². The third kappa shape index (κ3) is 5.60. The number of hydrogen-bond acceptors (Lipinski definition) is 4. The van der Waals surface area contributed by atoms with Gasteiger partial charge in [-0.2, -0.15) is 0 Å². The molecule has 0 radical (unpaired) electrons. The van der Waals surface area contributed by atoms with Crippen LogP contribution in [0.3, 0.4) is 0 Å². The molecule has 0 unspecified atom stereocenters. The Labute approximate surface area is 176 Å². The Morgan fingerprint density at radius 1 is 1.03 bits per heavy atom. The number of piperazine rings is 1. The zero-order chi connectivity index (χ0) is 21.0. The second-order valence-electron chi connectivity index (χ2n) is 7.99. The van der Waals surface area contributed by atoms with Gasteiger partial charge in [0.2, 0.25) is 0 Å². The second kappa shape index (κ2) is 8.69. The van der Waals surface area contributed by atoms with E-state index in [1.165, 1.54) is 0 Å². The van der Waals surface area contributed by atoms with Crippen LogP contribution >= 0.6 is 11.6 Å². The number of urea groups is 1. The standard InChI is InChI=1S/C21H26ClN5O2/c1-21(2,3)25-20(29)24-15-8-9-18(23-14-15)26-10-12-27(13-11-26)19(28)16-6-4-5-7-17(16)22/h4-9,14H,10-13H2,1-3H3,(H2,24,25,29). The van der Waals surface area contributed by atoms with Gasteiger partial charge in [0.1, 0.15) is 5.82 Å². The van der Waals surface area contributed by atoms with E-state index in [4.69, 9.17) is 11.6 Å². The zero-order valence-corrected chi connectivity index (χ0v) is 17.7. The average molecular weight is 416 g/mol. The molecule has 2 aromatic rings. The Bertz CT molecular complexity index is 871. The average Bonchev–Trinajstić information content (AvgIpc) is 2.67. The number of aromatic nitrogens is 1. The zero-order valence-electron chi connectivity index (χ0n) is 16.9. The summed E-state index contributed by atoms with van der Waals surface area (Å²) in [6.45, 7) is 8.32. The molecule has 3 rings (SSSR count). The fourth-order valence-electron chi connectivity index (χ4n) is 3.09. The molecule has 0 aliphatic carbocycles. The van der Waals surface area contributed by atoms with Crippen molar-refractivity contribution < 1.29 is 9.59 Å². The van der Waals surface area contributed by atoms with Gasteiger partial charge < -0.3 is 20.4 Å². The van der Waals surface area contributed by atoms with Crippen LogP contribution in [0.4, 0.5) is 16.3 Å². The summed E-state index contributed by atoms with van der Waals surface area (Å²) in [4.78, 5) is 33.0. The highest BCUT2D eigenvalue weighted by molar-refractivity contribution is 6.33. The molecule has 1 aliphatic heterocycles. The van der Waals surface area contributed by atoms with E-state index in [1.54, 1.807) is 18.3 Å². The van der Waals surface area contributed by atoms with Crippen LogP contribution in [-0.2, 0) is 0 Å². The molecule has 8 heteroatoms. The molecule has 1 aromatic carbocycles. The lowest BCUT2D eigenvalue weighted by Gasteiger charge is -2.35. The first kappa shape index (κ1) is 20.9. The van der Waals surface area contributed by atoms with Crippen LogP contribution in [0.25, 0.3) is 0 Å². The van der Waals surface area contributed by atoms with Crippen molar-refractivity contribution in [3.05, 3.63) is 53.2 Å². The van der Waals surface area contributed by atoms with Crippen molar-refractivity contribution >= 4 is 35.0 Å². The Morgan fingerprint density at radius 3 is 2.31 bits per heavy atom. The van der Waals surface area contributed by atoms with Crippen molar-refractivity contribution in [3.8, 4) is 0 Å². The lowest BCUT2D eigenvalue weighted by Crippen LogP contribution is -2.49. The summed E-state index contributed by atoms with van der Waals surface area (Å²) >= 11 is 6.15. The van der Waals surface area contributed by atoms with Gasteiger partial charge in [0.05, 0.1) is 22.5 Å². The Balaban J connectivity index is 1.55. The number of halogens is 1. The van der Waals surface area contributed by atoms with Crippen molar-refractivity contribution in [1.82, 2.24) is 15.2 Å². The Kier molecular flexibility index (Phi) is 6.27. The fourth-order valence-corrected chi connectivity index (χ4v) is 3.31. The maximum atomic E-state index is 12.7. The summed E-state index contributed by atoms with van der Waals surface area (Å²) in [5, 5.41) is 6.09. The Hall–Kier alpha value is -2.80. The maximum absolute atomic E-state index is 12.7. The van der Waals surface area contributed by atoms with Crippen LogP contribution in [0.1, 0.15) is 31.1 Å². The number of nitrogens with zero attached hydrogens (tertiary/aromatic N) is 3. The summed E-state index contributed by atoms with van der Waals surface area (Å²) in [5.74, 6) is 0.768. The van der Waals surface area contributed by atoms with Gasteiger partial charge in [0.15, 0.2) is 0 Å². The van der Waals surface area contributed by atoms with Gasteiger partial charge in [-0.25, -0.2) is 9.78 Å². The van der Waals surface area contributed by atoms with E-state index in [9.17, 15) is 9.59 Å². The predicted molar refractivity (Wildman–Crippen MR) is 116 cm³/mol. The molecule has 0 spiro atoms. The number of amides is 3. The molecular weight excluding hydrogens is 390 g/mol. The highest BCUT2D eigenvalue weighted by atomic mass is 35.5. The van der Waals surface area contributed by atoms with Gasteiger partial charge in [-0.3, -0.25) is 4.79 Å². The molecule has 1 fully saturated rings. The molecule has 2 heterocycles. The molecule has 0 atom stereocenters. The number of rotatable bonds is 3. The quantitative estimate of drug-likeness (QED) is 0.802. The SMILES string of the molecule is CC(C)(C)NC(=O)Nc1ccc(N2CCN(C(=O)c3ccccc3Cl)CC2)nc1. The molecule has 29 heavy (non-hydrogen) atoms. The van der Waals surface area contributed by atoms with Crippen LogP contribution in [-0.4, -0.2) is 53.5 Å². The Morgan fingerprint density at radius 2 is 1.72 bits per heavy atom. The molecule has 154 valence electrons. The maximum Gasteiger partial charge on any atom is 0.319 e. The smallest absolute Gasteiger partial charge is 0.319 e. The minimum Gasteiger partial charge on any atom is -0.353 e. The van der Waals surface area contributed by atoms with Crippen molar-refractivity contribution in [3.63, 3.8) is 0 Å². The first-order valence-corrected chi connectivity index (χ1v) is 9.95. The molecule has 1 saturated heterocycles. The molecule has 2 N–H and O–H groups in total. The highest BCUT2D eigenvalue weighted by Crippen LogP contribution is 2.20. The van der Waals surface area contributed by atoms with Crippen molar-refractivity contribution in [2.75, 3.05) is 36.4 Å². The van der Waals surface area contributed by atoms with Crippen molar-refractivity contribution in [1.29, 1.82) is 0 Å². The van der Waals surface area contributed by atoms with E-state index in [1.807, 2.05) is 49.9 Å². The van der Waals surface area contributed by atoms with Gasteiger partial charge in [-0.15, -0.1) is 0 Å². The normalized spacial score (nSPS) is 14.5. The van der Waals surface area contributed by atoms with E-state index >= 15 is 0 Å². The summed E-state index contributed by atoms with van der Waals surface area (Å²) in [6.07, 6.45) is 1.64.